The van der Waals surface area contributed by atoms with Gasteiger partial charge < -0.3 is 9.84 Å². The number of benzene rings is 1. The molecule has 3 rings (SSSR count). The van der Waals surface area contributed by atoms with Crippen molar-refractivity contribution in [2.45, 2.75) is 25.9 Å². The van der Waals surface area contributed by atoms with E-state index in [2.05, 4.69) is 9.97 Å². The van der Waals surface area contributed by atoms with Crippen molar-refractivity contribution in [1.82, 2.24) is 9.97 Å². The van der Waals surface area contributed by atoms with E-state index >= 15 is 0 Å². The van der Waals surface area contributed by atoms with Crippen LogP contribution in [0.1, 0.15) is 41.6 Å². The summed E-state index contributed by atoms with van der Waals surface area (Å²) in [6, 6.07) is 7.97. The molecule has 0 saturated carbocycles. The summed E-state index contributed by atoms with van der Waals surface area (Å²) >= 11 is 0. The van der Waals surface area contributed by atoms with Gasteiger partial charge in [0.1, 0.15) is 18.2 Å². The van der Waals surface area contributed by atoms with Gasteiger partial charge in [-0.05, 0) is 19.9 Å². The van der Waals surface area contributed by atoms with Crippen LogP contribution in [-0.4, -0.2) is 21.7 Å². The van der Waals surface area contributed by atoms with Crippen molar-refractivity contribution in [2.24, 2.45) is 0 Å². The van der Waals surface area contributed by atoms with Crippen LogP contribution >= 0.6 is 0 Å². The standard InChI is InChI=1S/C15H16N2O2/c1-9-12(10(2)18)7-16-15(17-9)13-8-19-14-6-4-3-5-11(13)14/h3-7,10,13,18H,8H2,1-2H3/t10-,13?/m0/s1. The van der Waals surface area contributed by atoms with E-state index in [1.807, 2.05) is 31.2 Å². The largest absolute Gasteiger partial charge is 0.492 e. The van der Waals surface area contributed by atoms with Gasteiger partial charge in [-0.3, -0.25) is 0 Å². The highest BCUT2D eigenvalue weighted by atomic mass is 16.5. The first kappa shape index (κ1) is 12.1. The number of fused-ring (bicyclic) bond motifs is 1. The van der Waals surface area contributed by atoms with Crippen molar-refractivity contribution in [1.29, 1.82) is 0 Å². The molecule has 2 heterocycles. The quantitative estimate of drug-likeness (QED) is 0.896. The first-order valence-electron chi connectivity index (χ1n) is 6.40. The monoisotopic (exact) mass is 256 g/mol. The van der Waals surface area contributed by atoms with E-state index in [1.54, 1.807) is 13.1 Å². The van der Waals surface area contributed by atoms with Crippen LogP contribution in [0.4, 0.5) is 0 Å². The molecule has 1 aliphatic heterocycles. The third kappa shape index (κ3) is 2.08. The Labute approximate surface area is 112 Å². The first-order chi connectivity index (χ1) is 9.16. The molecule has 4 heteroatoms. The van der Waals surface area contributed by atoms with Gasteiger partial charge in [0.05, 0.1) is 12.0 Å². The lowest BCUT2D eigenvalue weighted by molar-refractivity contribution is 0.197. The fourth-order valence-electron chi connectivity index (χ4n) is 2.45. The van der Waals surface area contributed by atoms with Crippen LogP contribution in [0.15, 0.2) is 30.5 Å². The van der Waals surface area contributed by atoms with Crippen molar-refractivity contribution in [3.05, 3.63) is 53.1 Å². The van der Waals surface area contributed by atoms with Gasteiger partial charge in [0.25, 0.3) is 0 Å². The van der Waals surface area contributed by atoms with Crippen LogP contribution in [0, 0.1) is 6.92 Å². The van der Waals surface area contributed by atoms with Crippen molar-refractivity contribution in [3.8, 4) is 5.75 Å². The molecule has 19 heavy (non-hydrogen) atoms. The van der Waals surface area contributed by atoms with Crippen LogP contribution in [0.2, 0.25) is 0 Å². The van der Waals surface area contributed by atoms with Gasteiger partial charge in [-0.25, -0.2) is 9.97 Å². The van der Waals surface area contributed by atoms with E-state index in [9.17, 15) is 5.11 Å². The zero-order valence-electron chi connectivity index (χ0n) is 11.0. The second-order valence-electron chi connectivity index (χ2n) is 4.85. The third-order valence-corrected chi connectivity index (χ3v) is 3.50. The van der Waals surface area contributed by atoms with Crippen molar-refractivity contribution in [3.63, 3.8) is 0 Å². The van der Waals surface area contributed by atoms with Gasteiger partial charge in [-0.15, -0.1) is 0 Å². The molecule has 1 aromatic heterocycles. The molecule has 0 amide bonds. The highest BCUT2D eigenvalue weighted by Gasteiger charge is 2.27. The number of nitrogens with zero attached hydrogens (tertiary/aromatic N) is 2. The first-order valence-corrected chi connectivity index (χ1v) is 6.40. The number of hydrogen-bond donors (Lipinski definition) is 1. The molecule has 98 valence electrons. The minimum Gasteiger partial charge on any atom is -0.492 e. The van der Waals surface area contributed by atoms with Gasteiger partial charge in [-0.2, -0.15) is 0 Å². The summed E-state index contributed by atoms with van der Waals surface area (Å²) in [6.07, 6.45) is 1.17. The third-order valence-electron chi connectivity index (χ3n) is 3.50. The summed E-state index contributed by atoms with van der Waals surface area (Å²) in [6.45, 7) is 4.20. The zero-order chi connectivity index (χ0) is 13.4. The summed E-state index contributed by atoms with van der Waals surface area (Å²) in [4.78, 5) is 8.91. The Hall–Kier alpha value is -1.94. The molecule has 0 spiro atoms. The van der Waals surface area contributed by atoms with Gasteiger partial charge in [0.2, 0.25) is 0 Å². The average Bonchev–Trinajstić information content (AvgIpc) is 2.82. The van der Waals surface area contributed by atoms with Gasteiger partial charge >= 0.3 is 0 Å². The van der Waals surface area contributed by atoms with Crippen LogP contribution in [0.5, 0.6) is 5.75 Å². The van der Waals surface area contributed by atoms with Crippen LogP contribution in [0.25, 0.3) is 0 Å². The lowest BCUT2D eigenvalue weighted by Crippen LogP contribution is -2.10. The van der Waals surface area contributed by atoms with E-state index < -0.39 is 6.10 Å². The highest BCUT2D eigenvalue weighted by Crippen LogP contribution is 2.36. The van der Waals surface area contributed by atoms with Crippen LogP contribution in [-0.2, 0) is 0 Å². The lowest BCUT2D eigenvalue weighted by atomic mass is 10.00. The Morgan fingerprint density at radius 2 is 2.16 bits per heavy atom. The number of hydrogen-bond acceptors (Lipinski definition) is 4. The SMILES string of the molecule is Cc1nc(C2COc3ccccc32)ncc1[C@H](C)O. The summed E-state index contributed by atoms with van der Waals surface area (Å²) in [7, 11) is 0. The van der Waals surface area contributed by atoms with Gasteiger partial charge in [0.15, 0.2) is 0 Å². The van der Waals surface area contributed by atoms with Crippen molar-refractivity contribution >= 4 is 0 Å². The summed E-state index contributed by atoms with van der Waals surface area (Å²) in [5.74, 6) is 1.75. The van der Waals surface area contributed by atoms with Gasteiger partial charge in [0, 0.05) is 23.0 Å². The Morgan fingerprint density at radius 1 is 1.37 bits per heavy atom. The van der Waals surface area contributed by atoms with E-state index in [-0.39, 0.29) is 5.92 Å². The molecule has 2 atom stereocenters. The maximum Gasteiger partial charge on any atom is 0.139 e. The second kappa shape index (κ2) is 4.63. The molecule has 0 saturated heterocycles. The van der Waals surface area contributed by atoms with Crippen molar-refractivity contribution < 1.29 is 9.84 Å². The lowest BCUT2D eigenvalue weighted by Gasteiger charge is -2.12. The number of aliphatic hydroxyl groups is 1. The van der Waals surface area contributed by atoms with E-state index in [0.717, 1.165) is 28.4 Å². The number of ether oxygens (including phenoxy) is 1. The molecular formula is C15H16N2O2. The summed E-state index contributed by atoms with van der Waals surface area (Å²) in [5.41, 5.74) is 2.73. The second-order valence-corrected chi connectivity index (χ2v) is 4.85. The van der Waals surface area contributed by atoms with Crippen LogP contribution in [0.3, 0.4) is 0 Å². The number of aryl methyl sites for hydroxylation is 1. The smallest absolute Gasteiger partial charge is 0.139 e. The molecule has 0 bridgehead atoms. The molecule has 0 aliphatic carbocycles. The zero-order valence-corrected chi connectivity index (χ0v) is 11.0. The molecule has 1 unspecified atom stereocenters. The minimum absolute atomic E-state index is 0.0814. The Bertz CT molecular complexity index is 611. The minimum atomic E-state index is -0.541. The number of aromatic nitrogens is 2. The molecular weight excluding hydrogens is 240 g/mol. The molecule has 0 radical (unpaired) electrons. The Morgan fingerprint density at radius 3 is 2.89 bits per heavy atom. The Balaban J connectivity index is 1.99. The average molecular weight is 256 g/mol. The maximum atomic E-state index is 9.61. The number of rotatable bonds is 2. The number of para-hydroxylation sites is 1. The van der Waals surface area contributed by atoms with Gasteiger partial charge in [-0.1, -0.05) is 18.2 Å². The fraction of sp³-hybridized carbons (Fsp3) is 0.333. The summed E-state index contributed by atoms with van der Waals surface area (Å²) < 4.78 is 5.65. The maximum absolute atomic E-state index is 9.61. The predicted octanol–water partition coefficient (Wildman–Crippen LogP) is 2.36. The van der Waals surface area contributed by atoms with Crippen molar-refractivity contribution in [2.75, 3.05) is 6.61 Å². The van der Waals surface area contributed by atoms with E-state index in [4.69, 9.17) is 4.74 Å². The molecule has 4 nitrogen and oxygen atoms in total. The topological polar surface area (TPSA) is 55.2 Å². The molecule has 1 aromatic carbocycles. The summed E-state index contributed by atoms with van der Waals surface area (Å²) in [5, 5.41) is 9.61. The number of aliphatic hydroxyl groups excluding tert-OH is 1. The Kier molecular flexibility index (Phi) is 2.95. The van der Waals surface area contributed by atoms with E-state index in [1.165, 1.54) is 0 Å². The highest BCUT2D eigenvalue weighted by molar-refractivity contribution is 5.43. The molecule has 0 fully saturated rings. The molecule has 1 aliphatic rings. The van der Waals surface area contributed by atoms with E-state index in [0.29, 0.717) is 6.61 Å². The molecule has 2 aromatic rings. The normalized spacial score (nSPS) is 18.8. The fourth-order valence-corrected chi connectivity index (χ4v) is 2.45. The predicted molar refractivity (Wildman–Crippen MR) is 71.2 cm³/mol. The van der Waals surface area contributed by atoms with Crippen LogP contribution < -0.4 is 4.74 Å². The molecule has 1 N–H and O–H groups in total.